The van der Waals surface area contributed by atoms with E-state index in [9.17, 15) is 9.18 Å². The van der Waals surface area contributed by atoms with Gasteiger partial charge in [-0.05, 0) is 42.7 Å². The number of aromatic nitrogens is 1. The first-order valence-electron chi connectivity index (χ1n) is 7.63. The van der Waals surface area contributed by atoms with Crippen molar-refractivity contribution in [3.63, 3.8) is 0 Å². The lowest BCUT2D eigenvalue weighted by atomic mass is 10.1. The van der Waals surface area contributed by atoms with Crippen LogP contribution in [0.2, 0.25) is 0 Å². The van der Waals surface area contributed by atoms with Gasteiger partial charge in [0.1, 0.15) is 11.6 Å². The zero-order valence-electron chi connectivity index (χ0n) is 12.6. The molecule has 0 saturated carbocycles. The topological polar surface area (TPSA) is 63.2 Å². The van der Waals surface area contributed by atoms with Crippen molar-refractivity contribution in [1.29, 1.82) is 0 Å². The number of anilines is 2. The largest absolute Gasteiger partial charge is 0.449 e. The molecule has 2 aromatic rings. The van der Waals surface area contributed by atoms with E-state index < -0.39 is 11.9 Å². The summed E-state index contributed by atoms with van der Waals surface area (Å²) in [5.41, 5.74) is 2.47. The summed E-state index contributed by atoms with van der Waals surface area (Å²) >= 11 is 0. The molecule has 0 bridgehead atoms. The molecule has 0 spiro atoms. The van der Waals surface area contributed by atoms with E-state index in [0.717, 1.165) is 30.9 Å². The van der Waals surface area contributed by atoms with E-state index in [-0.39, 0.29) is 6.61 Å². The number of hydrogen-bond donors (Lipinski definition) is 2. The highest BCUT2D eigenvalue weighted by Crippen LogP contribution is 2.19. The molecule has 1 aromatic heterocycles. The molecule has 23 heavy (non-hydrogen) atoms. The van der Waals surface area contributed by atoms with Crippen LogP contribution in [0.5, 0.6) is 0 Å². The maximum absolute atomic E-state index is 13.0. The SMILES string of the molecule is O=C(Nc1cccc(F)c1)OCCc1ccc2c(n1)NCCC2. The number of aryl methyl sites for hydroxylation is 1. The van der Waals surface area contributed by atoms with E-state index in [1.165, 1.54) is 23.8 Å². The molecule has 2 heterocycles. The van der Waals surface area contributed by atoms with Gasteiger partial charge in [0.25, 0.3) is 0 Å². The number of carbonyl (C=O) groups excluding carboxylic acids is 1. The normalized spacial score (nSPS) is 12.9. The third-order valence-electron chi connectivity index (χ3n) is 3.61. The number of hydrogen-bond acceptors (Lipinski definition) is 4. The Morgan fingerprint density at radius 2 is 2.26 bits per heavy atom. The first-order valence-corrected chi connectivity index (χ1v) is 7.63. The highest BCUT2D eigenvalue weighted by atomic mass is 19.1. The zero-order valence-corrected chi connectivity index (χ0v) is 12.6. The second kappa shape index (κ2) is 7.09. The minimum Gasteiger partial charge on any atom is -0.449 e. The minimum absolute atomic E-state index is 0.215. The van der Waals surface area contributed by atoms with E-state index in [2.05, 4.69) is 21.7 Å². The molecule has 0 radical (unpaired) electrons. The van der Waals surface area contributed by atoms with Crippen molar-refractivity contribution >= 4 is 17.6 Å². The maximum atomic E-state index is 13.0. The van der Waals surface area contributed by atoms with Gasteiger partial charge in [0.05, 0.1) is 6.61 Å². The average Bonchev–Trinajstić information content (AvgIpc) is 2.55. The van der Waals surface area contributed by atoms with E-state index in [4.69, 9.17) is 4.74 Å². The molecule has 0 unspecified atom stereocenters. The van der Waals surface area contributed by atoms with E-state index in [1.807, 2.05) is 6.07 Å². The molecule has 1 aliphatic heterocycles. The summed E-state index contributed by atoms with van der Waals surface area (Å²) in [6.45, 7) is 1.16. The number of pyridine rings is 1. The number of halogens is 1. The molecule has 1 aliphatic rings. The predicted octanol–water partition coefficient (Wildman–Crippen LogP) is 3.37. The Bertz CT molecular complexity index is 706. The van der Waals surface area contributed by atoms with Crippen LogP contribution in [0.1, 0.15) is 17.7 Å². The van der Waals surface area contributed by atoms with Crippen LogP contribution in [0.25, 0.3) is 0 Å². The summed E-state index contributed by atoms with van der Waals surface area (Å²) in [5.74, 6) is 0.520. The molecular weight excluding hydrogens is 297 g/mol. The molecule has 3 rings (SSSR count). The van der Waals surface area contributed by atoms with Crippen LogP contribution >= 0.6 is 0 Å². The molecule has 6 heteroatoms. The van der Waals surface area contributed by atoms with Gasteiger partial charge in [0.15, 0.2) is 0 Å². The Morgan fingerprint density at radius 1 is 1.35 bits per heavy atom. The Kier molecular flexibility index (Phi) is 4.71. The van der Waals surface area contributed by atoms with Crippen LogP contribution in [0, 0.1) is 5.82 Å². The van der Waals surface area contributed by atoms with Crippen molar-refractivity contribution in [3.05, 3.63) is 53.5 Å². The molecule has 0 saturated heterocycles. The second-order valence-corrected chi connectivity index (χ2v) is 5.36. The minimum atomic E-state index is -0.605. The van der Waals surface area contributed by atoms with Crippen LogP contribution in [-0.2, 0) is 17.6 Å². The van der Waals surface area contributed by atoms with Crippen LogP contribution < -0.4 is 10.6 Å². The Morgan fingerprint density at radius 3 is 3.13 bits per heavy atom. The molecule has 120 valence electrons. The monoisotopic (exact) mass is 315 g/mol. The molecule has 1 aromatic carbocycles. The average molecular weight is 315 g/mol. The van der Waals surface area contributed by atoms with Crippen LogP contribution in [-0.4, -0.2) is 24.2 Å². The van der Waals surface area contributed by atoms with Crippen molar-refractivity contribution < 1.29 is 13.9 Å². The Labute approximate surface area is 133 Å². The fraction of sp³-hybridized carbons (Fsp3) is 0.294. The van der Waals surface area contributed by atoms with Gasteiger partial charge < -0.3 is 10.1 Å². The van der Waals surface area contributed by atoms with Gasteiger partial charge in [-0.3, -0.25) is 5.32 Å². The number of fused-ring (bicyclic) bond motifs is 1. The molecule has 0 atom stereocenters. The number of benzene rings is 1. The van der Waals surface area contributed by atoms with Crippen LogP contribution in [0.3, 0.4) is 0 Å². The molecule has 1 amide bonds. The van der Waals surface area contributed by atoms with Crippen molar-refractivity contribution in [1.82, 2.24) is 4.98 Å². The summed E-state index contributed by atoms with van der Waals surface area (Å²) in [6.07, 6.45) is 2.09. The zero-order chi connectivity index (χ0) is 16.1. The molecule has 0 aliphatic carbocycles. The van der Waals surface area contributed by atoms with Gasteiger partial charge in [-0.15, -0.1) is 0 Å². The van der Waals surface area contributed by atoms with E-state index in [0.29, 0.717) is 12.1 Å². The first kappa shape index (κ1) is 15.3. The number of amides is 1. The van der Waals surface area contributed by atoms with Crippen LogP contribution in [0.4, 0.5) is 20.7 Å². The quantitative estimate of drug-likeness (QED) is 0.908. The summed E-state index contributed by atoms with van der Waals surface area (Å²) in [5, 5.41) is 5.76. The van der Waals surface area contributed by atoms with Gasteiger partial charge in [-0.25, -0.2) is 14.2 Å². The fourth-order valence-electron chi connectivity index (χ4n) is 2.48. The second-order valence-electron chi connectivity index (χ2n) is 5.36. The third-order valence-corrected chi connectivity index (χ3v) is 3.61. The summed E-state index contributed by atoms with van der Waals surface area (Å²) in [7, 11) is 0. The number of nitrogens with zero attached hydrogens (tertiary/aromatic N) is 1. The molecule has 5 nitrogen and oxygen atoms in total. The van der Waals surface area contributed by atoms with Gasteiger partial charge in [-0.1, -0.05) is 12.1 Å². The lowest BCUT2D eigenvalue weighted by Gasteiger charge is -2.17. The van der Waals surface area contributed by atoms with Crippen molar-refractivity contribution in [2.45, 2.75) is 19.3 Å². The first-order chi connectivity index (χ1) is 11.2. The number of nitrogens with one attached hydrogen (secondary N) is 2. The fourth-order valence-corrected chi connectivity index (χ4v) is 2.48. The summed E-state index contributed by atoms with van der Waals surface area (Å²) < 4.78 is 18.1. The Balaban J connectivity index is 1.48. The van der Waals surface area contributed by atoms with Gasteiger partial charge in [0.2, 0.25) is 0 Å². The lowest BCUT2D eigenvalue weighted by molar-refractivity contribution is 0.162. The lowest BCUT2D eigenvalue weighted by Crippen LogP contribution is -2.17. The number of carbonyl (C=O) groups is 1. The van der Waals surface area contributed by atoms with Gasteiger partial charge >= 0.3 is 6.09 Å². The van der Waals surface area contributed by atoms with Gasteiger partial charge in [0, 0.05) is 24.3 Å². The highest BCUT2D eigenvalue weighted by Gasteiger charge is 2.10. The Hall–Kier alpha value is -2.63. The van der Waals surface area contributed by atoms with Crippen molar-refractivity contribution in [2.24, 2.45) is 0 Å². The summed E-state index contributed by atoms with van der Waals surface area (Å²) in [6, 6.07) is 9.69. The summed E-state index contributed by atoms with van der Waals surface area (Å²) in [4.78, 5) is 16.2. The maximum Gasteiger partial charge on any atom is 0.411 e. The van der Waals surface area contributed by atoms with Crippen molar-refractivity contribution in [2.75, 3.05) is 23.8 Å². The van der Waals surface area contributed by atoms with E-state index >= 15 is 0 Å². The van der Waals surface area contributed by atoms with Gasteiger partial charge in [-0.2, -0.15) is 0 Å². The number of rotatable bonds is 4. The molecule has 2 N–H and O–H groups in total. The highest BCUT2D eigenvalue weighted by molar-refractivity contribution is 5.84. The smallest absolute Gasteiger partial charge is 0.411 e. The van der Waals surface area contributed by atoms with Crippen LogP contribution in [0.15, 0.2) is 36.4 Å². The van der Waals surface area contributed by atoms with E-state index in [1.54, 1.807) is 6.07 Å². The predicted molar refractivity (Wildman–Crippen MR) is 86.1 cm³/mol. The standard InChI is InChI=1S/C17H18FN3O2/c18-13-4-1-5-15(11-13)21-17(22)23-10-8-14-7-6-12-3-2-9-19-16(12)20-14/h1,4-7,11H,2-3,8-10H2,(H,19,20)(H,21,22). The number of ether oxygens (including phenoxy) is 1. The van der Waals surface area contributed by atoms with Crippen molar-refractivity contribution in [3.8, 4) is 0 Å². The third kappa shape index (κ3) is 4.18. The molecule has 0 fully saturated rings. The molecular formula is C17H18FN3O2.